The average Bonchev–Trinajstić information content (AvgIpc) is 2.74. The zero-order valence-corrected chi connectivity index (χ0v) is 17.2. The maximum atomic E-state index is 3.60. The number of hydrogen-bond acceptors (Lipinski definition) is 2. The minimum Gasteiger partial charge on any atom is -0.381 e. The highest BCUT2D eigenvalue weighted by Crippen LogP contribution is 2.19. The maximum Gasteiger partial charge on any atom is 0.0400 e. The number of rotatable bonds is 10. The first-order valence-corrected chi connectivity index (χ1v) is 10.5. The number of aryl methyl sites for hydroxylation is 2. The molecule has 0 saturated heterocycles. The van der Waals surface area contributed by atoms with Crippen LogP contribution in [0.25, 0.3) is 0 Å². The van der Waals surface area contributed by atoms with Gasteiger partial charge in [-0.05, 0) is 47.2 Å². The zero-order chi connectivity index (χ0) is 19.6. The Balaban J connectivity index is 1.56. The van der Waals surface area contributed by atoms with Gasteiger partial charge in [-0.3, -0.25) is 0 Å². The van der Waals surface area contributed by atoms with E-state index in [2.05, 4.69) is 97.3 Å². The molecule has 2 nitrogen and oxygen atoms in total. The molecule has 146 valence electrons. The van der Waals surface area contributed by atoms with Crippen LogP contribution >= 0.6 is 0 Å². The van der Waals surface area contributed by atoms with Crippen molar-refractivity contribution in [1.82, 2.24) is 0 Å². The highest BCUT2D eigenvalue weighted by atomic mass is 14.9. The summed E-state index contributed by atoms with van der Waals surface area (Å²) in [6.45, 7) is 6.16. The van der Waals surface area contributed by atoms with Gasteiger partial charge in [0.15, 0.2) is 0 Å². The molecule has 3 aromatic rings. The quantitative estimate of drug-likeness (QED) is 0.408. The average molecular weight is 373 g/mol. The van der Waals surface area contributed by atoms with Crippen molar-refractivity contribution < 1.29 is 0 Å². The van der Waals surface area contributed by atoms with Crippen LogP contribution in [-0.4, -0.2) is 0 Å². The Morgan fingerprint density at radius 3 is 1.32 bits per heavy atom. The molecule has 0 aliphatic heterocycles. The molecule has 0 spiro atoms. The lowest BCUT2D eigenvalue weighted by atomic mass is 10.1. The Bertz CT molecular complexity index is 780. The summed E-state index contributed by atoms with van der Waals surface area (Å²) in [6.07, 6.45) is 4.57. The molecule has 0 aliphatic rings. The Morgan fingerprint density at radius 2 is 0.929 bits per heavy atom. The normalized spacial score (nSPS) is 10.6. The van der Waals surface area contributed by atoms with Crippen LogP contribution in [0.15, 0.2) is 72.8 Å². The molecule has 0 radical (unpaired) electrons. The second-order valence-corrected chi connectivity index (χ2v) is 7.34. The van der Waals surface area contributed by atoms with Crippen LogP contribution < -0.4 is 10.6 Å². The molecular weight excluding hydrogens is 340 g/mol. The standard InChI is InChI=1S/C26H32N2/c1-3-9-23-11-5-7-13-25(23)27-19-21-15-17-22(18-16-21)20-28-26-14-8-6-12-24(26)10-4-2/h5-8,11-18,27-28H,3-4,9-10,19-20H2,1-2H3. The van der Waals surface area contributed by atoms with E-state index in [1.807, 2.05) is 0 Å². The van der Waals surface area contributed by atoms with Gasteiger partial charge in [-0.1, -0.05) is 87.4 Å². The molecule has 3 aromatic carbocycles. The van der Waals surface area contributed by atoms with Gasteiger partial charge >= 0.3 is 0 Å². The van der Waals surface area contributed by atoms with Gasteiger partial charge in [-0.2, -0.15) is 0 Å². The number of para-hydroxylation sites is 2. The predicted octanol–water partition coefficient (Wildman–Crippen LogP) is 6.82. The largest absolute Gasteiger partial charge is 0.381 e. The summed E-state index contributed by atoms with van der Waals surface area (Å²) >= 11 is 0. The van der Waals surface area contributed by atoms with Crippen molar-refractivity contribution in [2.45, 2.75) is 52.6 Å². The number of hydrogen-bond donors (Lipinski definition) is 2. The molecule has 2 heteroatoms. The van der Waals surface area contributed by atoms with Crippen LogP contribution in [0.1, 0.15) is 48.9 Å². The lowest BCUT2D eigenvalue weighted by molar-refractivity contribution is 0.919. The summed E-state index contributed by atoms with van der Waals surface area (Å²) in [6, 6.07) is 26.2. The molecule has 0 atom stereocenters. The van der Waals surface area contributed by atoms with Crippen LogP contribution in [0, 0.1) is 0 Å². The minimum atomic E-state index is 0.855. The summed E-state index contributed by atoms with van der Waals surface area (Å²) in [7, 11) is 0. The summed E-state index contributed by atoms with van der Waals surface area (Å²) in [5.74, 6) is 0. The molecule has 0 amide bonds. The molecule has 0 aromatic heterocycles. The second-order valence-electron chi connectivity index (χ2n) is 7.34. The first kappa shape index (κ1) is 20.0. The van der Waals surface area contributed by atoms with E-state index >= 15 is 0 Å². The molecular formula is C26H32N2. The van der Waals surface area contributed by atoms with Crippen LogP contribution in [0.3, 0.4) is 0 Å². The van der Waals surface area contributed by atoms with Gasteiger partial charge in [0.05, 0.1) is 0 Å². The van der Waals surface area contributed by atoms with E-state index in [0.717, 1.165) is 25.9 Å². The monoisotopic (exact) mass is 372 g/mol. The molecule has 0 bridgehead atoms. The smallest absolute Gasteiger partial charge is 0.0400 e. The van der Waals surface area contributed by atoms with Crippen LogP contribution in [0.5, 0.6) is 0 Å². The van der Waals surface area contributed by atoms with Crippen molar-refractivity contribution in [3.63, 3.8) is 0 Å². The molecule has 0 heterocycles. The Kier molecular flexibility index (Phi) is 7.54. The number of benzene rings is 3. The van der Waals surface area contributed by atoms with E-state index in [0.29, 0.717) is 0 Å². The summed E-state index contributed by atoms with van der Waals surface area (Å²) in [5.41, 5.74) is 7.92. The second kappa shape index (κ2) is 10.6. The number of anilines is 2. The van der Waals surface area contributed by atoms with Gasteiger partial charge < -0.3 is 10.6 Å². The molecule has 3 rings (SSSR count). The third-order valence-electron chi connectivity index (χ3n) is 5.06. The fourth-order valence-electron chi connectivity index (χ4n) is 3.53. The third-order valence-corrected chi connectivity index (χ3v) is 5.06. The Hall–Kier alpha value is -2.74. The van der Waals surface area contributed by atoms with E-state index in [4.69, 9.17) is 0 Å². The first-order valence-electron chi connectivity index (χ1n) is 10.5. The van der Waals surface area contributed by atoms with Gasteiger partial charge in [0, 0.05) is 24.5 Å². The Labute approximate surface area is 170 Å². The third kappa shape index (κ3) is 5.63. The predicted molar refractivity (Wildman–Crippen MR) is 122 cm³/mol. The number of nitrogens with one attached hydrogen (secondary N) is 2. The zero-order valence-electron chi connectivity index (χ0n) is 17.2. The molecule has 2 N–H and O–H groups in total. The molecule has 28 heavy (non-hydrogen) atoms. The van der Waals surface area contributed by atoms with Crippen LogP contribution in [0.2, 0.25) is 0 Å². The molecule has 0 unspecified atom stereocenters. The fourth-order valence-corrected chi connectivity index (χ4v) is 3.53. The lowest BCUT2D eigenvalue weighted by Gasteiger charge is -2.13. The lowest BCUT2D eigenvalue weighted by Crippen LogP contribution is -2.04. The van der Waals surface area contributed by atoms with Gasteiger partial charge in [0.25, 0.3) is 0 Å². The van der Waals surface area contributed by atoms with Gasteiger partial charge in [-0.15, -0.1) is 0 Å². The SMILES string of the molecule is CCCc1ccccc1NCc1ccc(CNc2ccccc2CCC)cc1. The first-order chi connectivity index (χ1) is 13.8. The van der Waals surface area contributed by atoms with Crippen molar-refractivity contribution in [3.05, 3.63) is 95.1 Å². The molecule has 0 fully saturated rings. The van der Waals surface area contributed by atoms with Crippen LogP contribution in [-0.2, 0) is 25.9 Å². The summed E-state index contributed by atoms with van der Waals surface area (Å²) in [5, 5.41) is 7.20. The van der Waals surface area contributed by atoms with Crippen molar-refractivity contribution in [3.8, 4) is 0 Å². The molecule has 0 saturated carbocycles. The Morgan fingerprint density at radius 1 is 0.536 bits per heavy atom. The minimum absolute atomic E-state index is 0.855. The topological polar surface area (TPSA) is 24.1 Å². The van der Waals surface area contributed by atoms with Crippen molar-refractivity contribution >= 4 is 11.4 Å². The maximum absolute atomic E-state index is 3.60. The van der Waals surface area contributed by atoms with E-state index in [1.165, 1.54) is 46.5 Å². The fraction of sp³-hybridized carbons (Fsp3) is 0.308. The van der Waals surface area contributed by atoms with E-state index in [-0.39, 0.29) is 0 Å². The highest BCUT2D eigenvalue weighted by Gasteiger charge is 2.03. The van der Waals surface area contributed by atoms with E-state index in [9.17, 15) is 0 Å². The van der Waals surface area contributed by atoms with Gasteiger partial charge in [0.2, 0.25) is 0 Å². The van der Waals surface area contributed by atoms with E-state index < -0.39 is 0 Å². The van der Waals surface area contributed by atoms with E-state index in [1.54, 1.807) is 0 Å². The van der Waals surface area contributed by atoms with Crippen molar-refractivity contribution in [2.75, 3.05) is 10.6 Å². The summed E-state index contributed by atoms with van der Waals surface area (Å²) < 4.78 is 0. The summed E-state index contributed by atoms with van der Waals surface area (Å²) in [4.78, 5) is 0. The highest BCUT2D eigenvalue weighted by molar-refractivity contribution is 5.52. The van der Waals surface area contributed by atoms with Crippen LogP contribution in [0.4, 0.5) is 11.4 Å². The van der Waals surface area contributed by atoms with Crippen molar-refractivity contribution in [2.24, 2.45) is 0 Å². The van der Waals surface area contributed by atoms with Gasteiger partial charge in [-0.25, -0.2) is 0 Å². The molecule has 0 aliphatic carbocycles. The van der Waals surface area contributed by atoms with Crippen molar-refractivity contribution in [1.29, 1.82) is 0 Å². The van der Waals surface area contributed by atoms with Gasteiger partial charge in [0.1, 0.15) is 0 Å².